The number of amidine groups is 1. The standard InChI is InChI=1S/C14H18N4O2S2/c19-22(20,18-13-5-2-8-15-13)12-4-1-3-11(9-12)17-14(21)16-10-6-7-10/h1,3-4,9-10H,2,5-8H2,(H,15,18)(H2,16,17,21). The van der Waals surface area contributed by atoms with Crippen LogP contribution in [0.15, 0.2) is 34.2 Å². The number of hydrogen-bond acceptors (Lipinski definition) is 4. The highest BCUT2D eigenvalue weighted by Crippen LogP contribution is 2.20. The van der Waals surface area contributed by atoms with Gasteiger partial charge >= 0.3 is 0 Å². The van der Waals surface area contributed by atoms with Crippen LogP contribution in [0, 0.1) is 0 Å². The molecule has 0 aromatic heterocycles. The molecule has 1 saturated carbocycles. The molecule has 0 unspecified atom stereocenters. The third-order valence-corrected chi connectivity index (χ3v) is 5.04. The third kappa shape index (κ3) is 3.95. The summed E-state index contributed by atoms with van der Waals surface area (Å²) in [5, 5.41) is 6.69. The fraction of sp³-hybridized carbons (Fsp3) is 0.429. The Hall–Kier alpha value is -1.67. The molecule has 2 aliphatic rings. The molecule has 3 rings (SSSR count). The number of rotatable bonds is 4. The Morgan fingerprint density at radius 3 is 2.82 bits per heavy atom. The van der Waals surface area contributed by atoms with E-state index in [0.717, 1.165) is 19.3 Å². The number of aliphatic imine (C=N–C) groups is 1. The highest BCUT2D eigenvalue weighted by molar-refractivity contribution is 7.90. The Bertz CT molecular complexity index is 711. The molecule has 0 amide bonds. The average molecular weight is 338 g/mol. The molecule has 118 valence electrons. The van der Waals surface area contributed by atoms with E-state index in [1.54, 1.807) is 24.3 Å². The highest BCUT2D eigenvalue weighted by Gasteiger charge is 2.22. The average Bonchev–Trinajstić information content (AvgIpc) is 3.12. The predicted molar refractivity (Wildman–Crippen MR) is 90.7 cm³/mol. The largest absolute Gasteiger partial charge is 0.360 e. The predicted octanol–water partition coefficient (Wildman–Crippen LogP) is 1.61. The summed E-state index contributed by atoms with van der Waals surface area (Å²) in [5.74, 6) is 0.532. The molecule has 1 aromatic rings. The van der Waals surface area contributed by atoms with Crippen molar-refractivity contribution in [1.82, 2.24) is 10.0 Å². The lowest BCUT2D eigenvalue weighted by atomic mass is 10.3. The lowest BCUT2D eigenvalue weighted by molar-refractivity contribution is 0.592. The zero-order valence-electron chi connectivity index (χ0n) is 12.0. The van der Waals surface area contributed by atoms with Crippen LogP contribution in [0.25, 0.3) is 0 Å². The molecule has 0 saturated heterocycles. The number of nitrogens with one attached hydrogen (secondary N) is 3. The molecule has 8 heteroatoms. The van der Waals surface area contributed by atoms with Crippen LogP contribution in [0.3, 0.4) is 0 Å². The van der Waals surface area contributed by atoms with E-state index in [2.05, 4.69) is 20.3 Å². The Kier molecular flexibility index (Phi) is 4.30. The maximum atomic E-state index is 12.3. The molecular formula is C14H18N4O2S2. The van der Waals surface area contributed by atoms with Crippen LogP contribution in [0.2, 0.25) is 0 Å². The highest BCUT2D eigenvalue weighted by atomic mass is 32.2. The molecule has 1 heterocycles. The van der Waals surface area contributed by atoms with Crippen LogP contribution in [-0.4, -0.2) is 32.0 Å². The van der Waals surface area contributed by atoms with E-state index in [-0.39, 0.29) is 4.90 Å². The first-order chi connectivity index (χ1) is 10.5. The van der Waals surface area contributed by atoms with Crippen LogP contribution >= 0.6 is 12.2 Å². The van der Waals surface area contributed by atoms with Gasteiger partial charge in [-0.3, -0.25) is 9.71 Å². The Balaban J connectivity index is 1.70. The number of anilines is 1. The first kappa shape index (κ1) is 15.2. The summed E-state index contributed by atoms with van der Waals surface area (Å²) in [6, 6.07) is 7.05. The first-order valence-corrected chi connectivity index (χ1v) is 9.16. The van der Waals surface area contributed by atoms with Gasteiger partial charge in [-0.05, 0) is 49.7 Å². The minimum atomic E-state index is -3.60. The van der Waals surface area contributed by atoms with Crippen molar-refractivity contribution < 1.29 is 8.42 Å². The maximum absolute atomic E-state index is 12.3. The molecule has 1 aliphatic carbocycles. The zero-order valence-corrected chi connectivity index (χ0v) is 13.6. The molecule has 1 aromatic carbocycles. The molecule has 0 radical (unpaired) electrons. The van der Waals surface area contributed by atoms with Crippen LogP contribution < -0.4 is 15.4 Å². The van der Waals surface area contributed by atoms with Gasteiger partial charge in [0.25, 0.3) is 10.0 Å². The summed E-state index contributed by atoms with van der Waals surface area (Å²) in [6.07, 6.45) is 3.82. The third-order valence-electron chi connectivity index (χ3n) is 3.44. The van der Waals surface area contributed by atoms with Crippen molar-refractivity contribution in [2.45, 2.75) is 36.6 Å². The van der Waals surface area contributed by atoms with Gasteiger partial charge in [0.2, 0.25) is 0 Å². The quantitative estimate of drug-likeness (QED) is 0.727. The summed E-state index contributed by atoms with van der Waals surface area (Å²) >= 11 is 5.20. The molecule has 3 N–H and O–H groups in total. The fourth-order valence-corrected chi connectivity index (χ4v) is 3.58. The molecule has 0 bridgehead atoms. The second kappa shape index (κ2) is 6.21. The topological polar surface area (TPSA) is 82.6 Å². The molecule has 1 fully saturated rings. The van der Waals surface area contributed by atoms with Crippen molar-refractivity contribution in [3.63, 3.8) is 0 Å². The van der Waals surface area contributed by atoms with E-state index >= 15 is 0 Å². The van der Waals surface area contributed by atoms with Crippen LogP contribution in [0.5, 0.6) is 0 Å². The van der Waals surface area contributed by atoms with E-state index in [4.69, 9.17) is 12.2 Å². The van der Waals surface area contributed by atoms with Gasteiger partial charge in [-0.1, -0.05) is 6.07 Å². The van der Waals surface area contributed by atoms with E-state index in [1.165, 1.54) is 0 Å². The van der Waals surface area contributed by atoms with Gasteiger partial charge in [0.15, 0.2) is 5.11 Å². The van der Waals surface area contributed by atoms with E-state index in [9.17, 15) is 8.42 Å². The van der Waals surface area contributed by atoms with Crippen molar-refractivity contribution in [2.75, 3.05) is 11.9 Å². The Morgan fingerprint density at radius 1 is 1.32 bits per heavy atom. The molecule has 0 spiro atoms. The van der Waals surface area contributed by atoms with Gasteiger partial charge in [-0.25, -0.2) is 8.42 Å². The minimum Gasteiger partial charge on any atom is -0.360 e. The molecule has 6 nitrogen and oxygen atoms in total. The number of hydrogen-bond donors (Lipinski definition) is 3. The van der Waals surface area contributed by atoms with Crippen molar-refractivity contribution >= 4 is 38.9 Å². The first-order valence-electron chi connectivity index (χ1n) is 7.27. The summed E-state index contributed by atoms with van der Waals surface area (Å²) in [6.45, 7) is 0.681. The van der Waals surface area contributed by atoms with Gasteiger partial charge in [-0.2, -0.15) is 0 Å². The number of thiocarbonyl (C=S) groups is 1. The lowest BCUT2D eigenvalue weighted by Gasteiger charge is -2.12. The smallest absolute Gasteiger partial charge is 0.262 e. The van der Waals surface area contributed by atoms with Gasteiger partial charge in [0.1, 0.15) is 5.84 Å². The van der Waals surface area contributed by atoms with E-state index < -0.39 is 10.0 Å². The van der Waals surface area contributed by atoms with Gasteiger partial charge in [0.05, 0.1) is 4.90 Å². The van der Waals surface area contributed by atoms with E-state index in [1.807, 2.05) is 0 Å². The van der Waals surface area contributed by atoms with Crippen LogP contribution in [-0.2, 0) is 10.0 Å². The van der Waals surface area contributed by atoms with Gasteiger partial charge < -0.3 is 10.6 Å². The van der Waals surface area contributed by atoms with Crippen molar-refractivity contribution in [1.29, 1.82) is 0 Å². The van der Waals surface area contributed by atoms with Crippen molar-refractivity contribution in [3.05, 3.63) is 24.3 Å². The molecule has 0 atom stereocenters. The zero-order chi connectivity index (χ0) is 15.6. The van der Waals surface area contributed by atoms with Crippen LogP contribution in [0.1, 0.15) is 25.7 Å². The lowest BCUT2D eigenvalue weighted by Crippen LogP contribution is -2.31. The fourth-order valence-electron chi connectivity index (χ4n) is 2.16. The number of benzene rings is 1. The second-order valence-electron chi connectivity index (χ2n) is 5.44. The van der Waals surface area contributed by atoms with E-state index in [0.29, 0.717) is 35.6 Å². The summed E-state index contributed by atoms with van der Waals surface area (Å²) in [5.41, 5.74) is 0.648. The Labute approximate surface area is 135 Å². The van der Waals surface area contributed by atoms with Crippen LogP contribution in [0.4, 0.5) is 5.69 Å². The summed E-state index contributed by atoms with van der Waals surface area (Å²) in [7, 11) is -3.60. The summed E-state index contributed by atoms with van der Waals surface area (Å²) < 4.78 is 27.2. The monoisotopic (exact) mass is 338 g/mol. The Morgan fingerprint density at radius 2 is 2.14 bits per heavy atom. The number of nitrogens with zero attached hydrogens (tertiary/aromatic N) is 1. The molecule has 22 heavy (non-hydrogen) atoms. The molecule has 1 aliphatic heterocycles. The summed E-state index contributed by atoms with van der Waals surface area (Å²) in [4.78, 5) is 4.33. The normalized spacial score (nSPS) is 17.7. The maximum Gasteiger partial charge on any atom is 0.262 e. The van der Waals surface area contributed by atoms with Gasteiger partial charge in [-0.15, -0.1) is 0 Å². The molecular weight excluding hydrogens is 320 g/mol. The van der Waals surface area contributed by atoms with Crippen molar-refractivity contribution in [2.24, 2.45) is 4.99 Å². The minimum absolute atomic E-state index is 0.196. The van der Waals surface area contributed by atoms with Crippen molar-refractivity contribution in [3.8, 4) is 0 Å². The second-order valence-corrected chi connectivity index (χ2v) is 7.53. The number of sulfonamides is 1. The SMILES string of the molecule is O=S(=O)(NC1=NCCC1)c1cccc(NC(=S)NC2CC2)c1. The van der Waals surface area contributed by atoms with Gasteiger partial charge in [0, 0.05) is 24.7 Å².